The first kappa shape index (κ1) is 11.4. The number of fused-ring (bicyclic) bond motifs is 1. The molecule has 15 heavy (non-hydrogen) atoms. The molecule has 0 aliphatic heterocycles. The summed E-state index contributed by atoms with van der Waals surface area (Å²) < 4.78 is 0. The van der Waals surface area contributed by atoms with Gasteiger partial charge in [0.2, 0.25) is 0 Å². The molecule has 0 bridgehead atoms. The van der Waals surface area contributed by atoms with E-state index in [1.54, 1.807) is 0 Å². The van der Waals surface area contributed by atoms with Gasteiger partial charge in [0.1, 0.15) is 0 Å². The molecule has 0 amide bonds. The van der Waals surface area contributed by atoms with E-state index in [1.165, 1.54) is 44.9 Å². The molecule has 0 radical (unpaired) electrons. The largest absolute Gasteiger partial charge is 0.327 e. The zero-order valence-electron chi connectivity index (χ0n) is 10.4. The third-order valence-corrected chi connectivity index (χ3v) is 4.54. The number of hydrogen-bond donors (Lipinski definition) is 1. The van der Waals surface area contributed by atoms with Crippen molar-refractivity contribution in [1.82, 2.24) is 0 Å². The molecule has 2 rings (SSSR count). The molecule has 2 aliphatic carbocycles. The molecular weight excluding hydrogens is 182 g/mol. The average Bonchev–Trinajstić information content (AvgIpc) is 2.90. The third kappa shape index (κ3) is 2.75. The second kappa shape index (κ2) is 4.86. The molecule has 0 aromatic heterocycles. The maximum Gasteiger partial charge on any atom is 0.00726 e. The van der Waals surface area contributed by atoms with Gasteiger partial charge in [0.15, 0.2) is 0 Å². The highest BCUT2D eigenvalue weighted by molar-refractivity contribution is 5.03. The SMILES string of the molecule is CC(C)CCCC(N)C1C2CCCCC21. The van der Waals surface area contributed by atoms with Crippen molar-refractivity contribution in [2.45, 2.75) is 64.8 Å². The summed E-state index contributed by atoms with van der Waals surface area (Å²) in [6.07, 6.45) is 9.87. The Morgan fingerprint density at radius 2 is 1.67 bits per heavy atom. The van der Waals surface area contributed by atoms with Crippen LogP contribution in [0.15, 0.2) is 0 Å². The highest BCUT2D eigenvalue weighted by Gasteiger charge is 2.52. The number of hydrogen-bond acceptors (Lipinski definition) is 1. The van der Waals surface area contributed by atoms with Crippen molar-refractivity contribution in [2.75, 3.05) is 0 Å². The van der Waals surface area contributed by atoms with Gasteiger partial charge in [-0.1, -0.05) is 39.5 Å². The molecule has 2 aliphatic rings. The first-order valence-electron chi connectivity index (χ1n) is 6.95. The summed E-state index contributed by atoms with van der Waals surface area (Å²) in [5.41, 5.74) is 6.32. The fourth-order valence-electron chi connectivity index (χ4n) is 3.64. The van der Waals surface area contributed by atoms with Crippen molar-refractivity contribution in [3.8, 4) is 0 Å². The summed E-state index contributed by atoms with van der Waals surface area (Å²) in [5, 5.41) is 0. The maximum absolute atomic E-state index is 6.32. The molecule has 0 aromatic rings. The molecule has 1 heteroatoms. The van der Waals surface area contributed by atoms with Gasteiger partial charge in [-0.15, -0.1) is 0 Å². The Morgan fingerprint density at radius 1 is 1.07 bits per heavy atom. The zero-order chi connectivity index (χ0) is 10.8. The fraction of sp³-hybridized carbons (Fsp3) is 1.00. The lowest BCUT2D eigenvalue weighted by Crippen LogP contribution is -2.24. The Labute approximate surface area is 94.8 Å². The molecule has 0 aromatic carbocycles. The van der Waals surface area contributed by atoms with Crippen LogP contribution in [0, 0.1) is 23.7 Å². The quantitative estimate of drug-likeness (QED) is 0.736. The zero-order valence-corrected chi connectivity index (χ0v) is 10.4. The van der Waals surface area contributed by atoms with Crippen LogP contribution in [0.3, 0.4) is 0 Å². The van der Waals surface area contributed by atoms with E-state index in [0.29, 0.717) is 6.04 Å². The van der Waals surface area contributed by atoms with Crippen LogP contribution in [0.5, 0.6) is 0 Å². The van der Waals surface area contributed by atoms with E-state index in [0.717, 1.165) is 23.7 Å². The van der Waals surface area contributed by atoms with Crippen molar-refractivity contribution < 1.29 is 0 Å². The van der Waals surface area contributed by atoms with Crippen molar-refractivity contribution in [3.63, 3.8) is 0 Å². The summed E-state index contributed by atoms with van der Waals surface area (Å²) in [4.78, 5) is 0. The van der Waals surface area contributed by atoms with Crippen LogP contribution < -0.4 is 5.73 Å². The Kier molecular flexibility index (Phi) is 3.71. The van der Waals surface area contributed by atoms with E-state index < -0.39 is 0 Å². The molecule has 0 spiro atoms. The fourth-order valence-corrected chi connectivity index (χ4v) is 3.64. The second-order valence-electron chi connectivity index (χ2n) is 6.18. The predicted molar refractivity (Wildman–Crippen MR) is 65.6 cm³/mol. The van der Waals surface area contributed by atoms with Gasteiger partial charge in [-0.05, 0) is 42.9 Å². The normalized spacial score (nSPS) is 36.4. The molecular formula is C14H27N. The molecule has 2 fully saturated rings. The van der Waals surface area contributed by atoms with Crippen LogP contribution >= 0.6 is 0 Å². The molecule has 0 saturated heterocycles. The lowest BCUT2D eigenvalue weighted by Gasteiger charge is -2.12. The Hall–Kier alpha value is -0.0400. The van der Waals surface area contributed by atoms with Gasteiger partial charge >= 0.3 is 0 Å². The Bertz CT molecular complexity index is 188. The maximum atomic E-state index is 6.32. The summed E-state index contributed by atoms with van der Waals surface area (Å²) in [7, 11) is 0. The van der Waals surface area contributed by atoms with Gasteiger partial charge in [0.05, 0.1) is 0 Å². The topological polar surface area (TPSA) is 26.0 Å². The van der Waals surface area contributed by atoms with Gasteiger partial charge in [0, 0.05) is 6.04 Å². The minimum atomic E-state index is 0.525. The monoisotopic (exact) mass is 209 g/mol. The van der Waals surface area contributed by atoms with Gasteiger partial charge in [-0.2, -0.15) is 0 Å². The summed E-state index contributed by atoms with van der Waals surface area (Å²) in [6.45, 7) is 4.62. The van der Waals surface area contributed by atoms with Crippen molar-refractivity contribution in [1.29, 1.82) is 0 Å². The van der Waals surface area contributed by atoms with Gasteiger partial charge in [-0.3, -0.25) is 0 Å². The lowest BCUT2D eigenvalue weighted by atomic mass is 9.99. The molecule has 3 atom stereocenters. The molecule has 2 N–H and O–H groups in total. The summed E-state index contributed by atoms with van der Waals surface area (Å²) in [5.74, 6) is 3.83. The Balaban J connectivity index is 1.66. The van der Waals surface area contributed by atoms with Crippen LogP contribution in [-0.2, 0) is 0 Å². The average molecular weight is 209 g/mol. The van der Waals surface area contributed by atoms with E-state index in [-0.39, 0.29) is 0 Å². The first-order valence-corrected chi connectivity index (χ1v) is 6.95. The summed E-state index contributed by atoms with van der Waals surface area (Å²) >= 11 is 0. The van der Waals surface area contributed by atoms with Crippen LogP contribution in [0.2, 0.25) is 0 Å². The second-order valence-corrected chi connectivity index (χ2v) is 6.18. The molecule has 2 saturated carbocycles. The highest BCUT2D eigenvalue weighted by Crippen LogP contribution is 2.57. The van der Waals surface area contributed by atoms with E-state index in [9.17, 15) is 0 Å². The van der Waals surface area contributed by atoms with E-state index >= 15 is 0 Å². The van der Waals surface area contributed by atoms with E-state index in [1.807, 2.05) is 0 Å². The van der Waals surface area contributed by atoms with E-state index in [2.05, 4.69) is 13.8 Å². The van der Waals surface area contributed by atoms with Gasteiger partial charge in [-0.25, -0.2) is 0 Å². The van der Waals surface area contributed by atoms with Crippen molar-refractivity contribution in [2.24, 2.45) is 29.4 Å². The van der Waals surface area contributed by atoms with Crippen LogP contribution in [0.4, 0.5) is 0 Å². The standard InChI is InChI=1S/C14H27N/c1-10(2)6-5-9-13(15)14-11-7-3-4-8-12(11)14/h10-14H,3-9,15H2,1-2H3. The number of nitrogens with two attached hydrogens (primary N) is 1. The number of rotatable bonds is 5. The molecule has 0 heterocycles. The minimum absolute atomic E-state index is 0.525. The van der Waals surface area contributed by atoms with Crippen molar-refractivity contribution in [3.05, 3.63) is 0 Å². The summed E-state index contributed by atoms with van der Waals surface area (Å²) in [6, 6.07) is 0.525. The Morgan fingerprint density at radius 3 is 2.20 bits per heavy atom. The molecule has 3 unspecified atom stereocenters. The molecule has 1 nitrogen and oxygen atoms in total. The first-order chi connectivity index (χ1) is 7.20. The van der Waals surface area contributed by atoms with Crippen LogP contribution in [0.25, 0.3) is 0 Å². The van der Waals surface area contributed by atoms with Gasteiger partial charge < -0.3 is 5.73 Å². The van der Waals surface area contributed by atoms with E-state index in [4.69, 9.17) is 5.73 Å². The van der Waals surface area contributed by atoms with Crippen LogP contribution in [-0.4, -0.2) is 6.04 Å². The molecule has 88 valence electrons. The third-order valence-electron chi connectivity index (χ3n) is 4.54. The van der Waals surface area contributed by atoms with Gasteiger partial charge in [0.25, 0.3) is 0 Å². The van der Waals surface area contributed by atoms with Crippen molar-refractivity contribution >= 4 is 0 Å². The predicted octanol–water partition coefficient (Wildman–Crippen LogP) is 3.58. The highest BCUT2D eigenvalue weighted by atomic mass is 14.7. The smallest absolute Gasteiger partial charge is 0.00726 e. The lowest BCUT2D eigenvalue weighted by molar-refractivity contribution is 0.450. The van der Waals surface area contributed by atoms with Crippen LogP contribution in [0.1, 0.15) is 58.8 Å². The minimum Gasteiger partial charge on any atom is -0.327 e.